The number of hydrogen-bond acceptors (Lipinski definition) is 3. The van der Waals surface area contributed by atoms with Crippen molar-refractivity contribution >= 4 is 5.82 Å². The van der Waals surface area contributed by atoms with Crippen molar-refractivity contribution in [1.82, 2.24) is 9.97 Å². The first-order valence-corrected chi connectivity index (χ1v) is 5.58. The van der Waals surface area contributed by atoms with Crippen LogP contribution in [0.2, 0.25) is 0 Å². The zero-order valence-electron chi connectivity index (χ0n) is 8.62. The van der Waals surface area contributed by atoms with Gasteiger partial charge in [-0.2, -0.15) is 0 Å². The quantitative estimate of drug-likeness (QED) is 0.780. The van der Waals surface area contributed by atoms with E-state index in [1.165, 1.54) is 25.7 Å². The summed E-state index contributed by atoms with van der Waals surface area (Å²) in [5.41, 5.74) is 0.383. The predicted octanol–water partition coefficient (Wildman–Crippen LogP) is 1.37. The summed E-state index contributed by atoms with van der Waals surface area (Å²) in [6, 6.07) is 0. The highest BCUT2D eigenvalue weighted by Gasteiger charge is 2.53. The lowest BCUT2D eigenvalue weighted by Gasteiger charge is -2.14. The van der Waals surface area contributed by atoms with Gasteiger partial charge >= 0.3 is 0 Å². The Morgan fingerprint density at radius 3 is 2.93 bits per heavy atom. The number of aromatic nitrogens is 2. The second-order valence-electron chi connectivity index (χ2n) is 4.76. The Labute approximate surface area is 88.1 Å². The van der Waals surface area contributed by atoms with E-state index in [1.54, 1.807) is 12.4 Å². The molecule has 0 radical (unpaired) electrons. The van der Waals surface area contributed by atoms with E-state index in [-0.39, 0.29) is 5.56 Å². The Morgan fingerprint density at radius 1 is 1.53 bits per heavy atom. The summed E-state index contributed by atoms with van der Waals surface area (Å²) in [5, 5.41) is 3.18. The Bertz CT molecular complexity index is 418. The molecule has 4 nitrogen and oxygen atoms in total. The van der Waals surface area contributed by atoms with E-state index in [2.05, 4.69) is 15.3 Å². The highest BCUT2D eigenvalue weighted by atomic mass is 16.1. The number of anilines is 1. The lowest BCUT2D eigenvalue weighted by Crippen LogP contribution is -2.22. The number of hydrogen-bond donors (Lipinski definition) is 2. The minimum Gasteiger partial charge on any atom is -0.365 e. The molecule has 0 aromatic carbocycles. The molecule has 0 saturated heterocycles. The van der Waals surface area contributed by atoms with Crippen molar-refractivity contribution < 1.29 is 0 Å². The third kappa shape index (κ3) is 1.64. The van der Waals surface area contributed by atoms with Crippen molar-refractivity contribution in [3.8, 4) is 0 Å². The van der Waals surface area contributed by atoms with Gasteiger partial charge in [-0.3, -0.25) is 4.79 Å². The maximum atomic E-state index is 11.4. The summed E-state index contributed by atoms with van der Waals surface area (Å²) >= 11 is 0. The Balaban J connectivity index is 1.67. The standard InChI is InChI=1S/C11H15N3O/c15-10-9(12-5-6-13-10)14-7-11(3-4-11)8-1-2-8/h5-6,8H,1-4,7H2,(H,12,14)(H,13,15). The number of nitrogens with one attached hydrogen (secondary N) is 2. The van der Waals surface area contributed by atoms with Crippen LogP contribution in [0.5, 0.6) is 0 Å². The lowest BCUT2D eigenvalue weighted by atomic mass is 10.0. The molecule has 1 aromatic rings. The minimum absolute atomic E-state index is 0.121. The number of aromatic amines is 1. The number of rotatable bonds is 4. The van der Waals surface area contributed by atoms with Crippen LogP contribution in [0.1, 0.15) is 25.7 Å². The van der Waals surface area contributed by atoms with Crippen molar-refractivity contribution in [2.24, 2.45) is 11.3 Å². The van der Waals surface area contributed by atoms with Gasteiger partial charge in [-0.25, -0.2) is 4.98 Å². The van der Waals surface area contributed by atoms with Crippen molar-refractivity contribution in [1.29, 1.82) is 0 Å². The fourth-order valence-corrected chi connectivity index (χ4v) is 2.32. The largest absolute Gasteiger partial charge is 0.365 e. The maximum Gasteiger partial charge on any atom is 0.290 e. The summed E-state index contributed by atoms with van der Waals surface area (Å²) in [7, 11) is 0. The van der Waals surface area contributed by atoms with Crippen molar-refractivity contribution in [3.63, 3.8) is 0 Å². The molecule has 3 rings (SSSR count). The molecule has 1 heterocycles. The van der Waals surface area contributed by atoms with Gasteiger partial charge in [-0.1, -0.05) is 0 Å². The van der Waals surface area contributed by atoms with Crippen LogP contribution in [0.15, 0.2) is 17.2 Å². The van der Waals surface area contributed by atoms with Crippen LogP contribution in [-0.4, -0.2) is 16.5 Å². The molecule has 80 valence electrons. The van der Waals surface area contributed by atoms with E-state index < -0.39 is 0 Å². The summed E-state index contributed by atoms with van der Waals surface area (Å²) in [5.74, 6) is 1.37. The van der Waals surface area contributed by atoms with E-state index in [9.17, 15) is 4.79 Å². The van der Waals surface area contributed by atoms with Crippen molar-refractivity contribution in [2.45, 2.75) is 25.7 Å². The van der Waals surface area contributed by atoms with Crippen molar-refractivity contribution in [2.75, 3.05) is 11.9 Å². The number of H-pyrrole nitrogens is 1. The Hall–Kier alpha value is -1.32. The summed E-state index contributed by atoms with van der Waals surface area (Å²) < 4.78 is 0. The lowest BCUT2D eigenvalue weighted by molar-refractivity contribution is 0.466. The average molecular weight is 205 g/mol. The van der Waals surface area contributed by atoms with E-state index in [0.717, 1.165) is 12.5 Å². The van der Waals surface area contributed by atoms with Gasteiger partial charge in [0.2, 0.25) is 0 Å². The zero-order valence-corrected chi connectivity index (χ0v) is 8.62. The second kappa shape index (κ2) is 3.08. The fourth-order valence-electron chi connectivity index (χ4n) is 2.32. The van der Waals surface area contributed by atoms with Gasteiger partial charge in [0.1, 0.15) is 0 Å². The molecule has 0 unspecified atom stereocenters. The van der Waals surface area contributed by atoms with Crippen LogP contribution in [0.4, 0.5) is 5.82 Å². The molecule has 2 aliphatic carbocycles. The molecule has 2 saturated carbocycles. The molecule has 2 aliphatic rings. The van der Waals surface area contributed by atoms with E-state index >= 15 is 0 Å². The SMILES string of the molecule is O=c1[nH]ccnc1NCC1(C2CC2)CC1. The normalized spacial score (nSPS) is 22.4. The van der Waals surface area contributed by atoms with Gasteiger partial charge in [0, 0.05) is 18.9 Å². The van der Waals surface area contributed by atoms with Gasteiger partial charge in [0.05, 0.1) is 0 Å². The first-order chi connectivity index (χ1) is 7.30. The first-order valence-electron chi connectivity index (χ1n) is 5.58. The molecule has 1 aromatic heterocycles. The smallest absolute Gasteiger partial charge is 0.290 e. The molecule has 4 heteroatoms. The van der Waals surface area contributed by atoms with Crippen LogP contribution in [0.3, 0.4) is 0 Å². The molecule has 0 aliphatic heterocycles. The molecular formula is C11H15N3O. The maximum absolute atomic E-state index is 11.4. The van der Waals surface area contributed by atoms with Gasteiger partial charge < -0.3 is 10.3 Å². The van der Waals surface area contributed by atoms with Crippen LogP contribution in [0.25, 0.3) is 0 Å². The number of nitrogens with zero attached hydrogens (tertiary/aromatic N) is 1. The molecule has 0 bridgehead atoms. The highest BCUT2D eigenvalue weighted by Crippen LogP contribution is 2.61. The minimum atomic E-state index is -0.121. The Kier molecular flexibility index (Phi) is 1.84. The zero-order chi connectivity index (χ0) is 10.3. The molecule has 2 N–H and O–H groups in total. The van der Waals surface area contributed by atoms with Crippen molar-refractivity contribution in [3.05, 3.63) is 22.7 Å². The molecule has 2 fully saturated rings. The van der Waals surface area contributed by atoms with Gasteiger partial charge in [-0.05, 0) is 37.0 Å². The highest BCUT2D eigenvalue weighted by molar-refractivity contribution is 5.31. The molecule has 0 amide bonds. The predicted molar refractivity (Wildman–Crippen MR) is 57.7 cm³/mol. The summed E-state index contributed by atoms with van der Waals surface area (Å²) in [4.78, 5) is 18.0. The van der Waals surface area contributed by atoms with Gasteiger partial charge in [-0.15, -0.1) is 0 Å². The van der Waals surface area contributed by atoms with E-state index in [0.29, 0.717) is 11.2 Å². The average Bonchev–Trinajstić information content (AvgIpc) is 3.10. The van der Waals surface area contributed by atoms with E-state index in [1.807, 2.05) is 0 Å². The molecule has 0 spiro atoms. The molecule has 0 atom stereocenters. The van der Waals surface area contributed by atoms with Crippen LogP contribution in [0, 0.1) is 11.3 Å². The summed E-state index contributed by atoms with van der Waals surface area (Å²) in [6.07, 6.45) is 8.55. The third-order valence-electron chi connectivity index (χ3n) is 3.65. The second-order valence-corrected chi connectivity index (χ2v) is 4.76. The van der Waals surface area contributed by atoms with E-state index in [4.69, 9.17) is 0 Å². The van der Waals surface area contributed by atoms with Crippen LogP contribution < -0.4 is 10.9 Å². The third-order valence-corrected chi connectivity index (χ3v) is 3.65. The molecule has 15 heavy (non-hydrogen) atoms. The van der Waals surface area contributed by atoms with Crippen LogP contribution >= 0.6 is 0 Å². The molecular weight excluding hydrogens is 190 g/mol. The van der Waals surface area contributed by atoms with Gasteiger partial charge in [0.25, 0.3) is 5.56 Å². The topological polar surface area (TPSA) is 57.8 Å². The Morgan fingerprint density at radius 2 is 2.33 bits per heavy atom. The first kappa shape index (κ1) is 8.95. The van der Waals surface area contributed by atoms with Crippen LogP contribution in [-0.2, 0) is 0 Å². The monoisotopic (exact) mass is 205 g/mol. The fraction of sp³-hybridized carbons (Fsp3) is 0.636. The summed E-state index contributed by atoms with van der Waals surface area (Å²) in [6.45, 7) is 0.914. The van der Waals surface area contributed by atoms with Gasteiger partial charge in [0.15, 0.2) is 5.82 Å².